The summed E-state index contributed by atoms with van der Waals surface area (Å²) in [5.74, 6) is -4.25. The summed E-state index contributed by atoms with van der Waals surface area (Å²) in [5.41, 5.74) is 1.57. The van der Waals surface area contributed by atoms with Crippen molar-refractivity contribution >= 4 is 46.9 Å². The second kappa shape index (κ2) is 35.9. The fourth-order valence-electron chi connectivity index (χ4n) is 6.11. The number of rotatable bonds is 31. The molecule has 0 aliphatic carbocycles. The second-order valence-electron chi connectivity index (χ2n) is 13.9. The van der Waals surface area contributed by atoms with Gasteiger partial charge in [0.2, 0.25) is 0 Å². The Labute approximate surface area is 389 Å². The minimum atomic E-state index is -1.07. The molecule has 6 N–H and O–H groups in total. The van der Waals surface area contributed by atoms with Gasteiger partial charge in [0.1, 0.15) is 0 Å². The van der Waals surface area contributed by atoms with Crippen LogP contribution in [-0.4, -0.2) is 233 Å². The Balaban J connectivity index is 0.0000186. The van der Waals surface area contributed by atoms with Crippen molar-refractivity contribution in [3.05, 3.63) is 29.8 Å². The van der Waals surface area contributed by atoms with Crippen molar-refractivity contribution in [1.29, 1.82) is 0 Å². The maximum Gasteiger partial charge on any atom is 0.317 e. The van der Waals surface area contributed by atoms with E-state index in [1.165, 1.54) is 0 Å². The number of nitrogens with one attached hydrogen (secondary N) is 2. The van der Waals surface area contributed by atoms with Gasteiger partial charge in [0, 0.05) is 103 Å². The first-order valence-electron chi connectivity index (χ1n) is 20.3. The van der Waals surface area contributed by atoms with Crippen LogP contribution < -0.4 is 10.6 Å². The molecule has 0 amide bonds. The summed E-state index contributed by atoms with van der Waals surface area (Å²) in [6.45, 7) is 8.83. The van der Waals surface area contributed by atoms with Gasteiger partial charge in [-0.1, -0.05) is 19.1 Å². The van der Waals surface area contributed by atoms with Gasteiger partial charge in [0.05, 0.1) is 98.9 Å². The van der Waals surface area contributed by atoms with Crippen LogP contribution in [0.4, 0.5) is 5.69 Å². The normalized spacial score (nSPS) is 16.2. The number of hydrogen-bond acceptors (Lipinski definition) is 15. The van der Waals surface area contributed by atoms with E-state index >= 15 is 0 Å². The molecule has 1 saturated heterocycles. The smallest absolute Gasteiger partial charge is 0.317 e. The van der Waals surface area contributed by atoms with Crippen LogP contribution in [0, 0.1) is 0 Å². The Morgan fingerprint density at radius 1 is 0.590 bits per heavy atom. The van der Waals surface area contributed by atoms with Gasteiger partial charge in [0.15, 0.2) is 5.11 Å². The molecule has 0 aromatic heterocycles. The number of carboxylic acids is 4. The number of benzene rings is 1. The third kappa shape index (κ3) is 30.3. The molecule has 0 saturated carbocycles. The molecular formula is C39H66N6O14SY. The van der Waals surface area contributed by atoms with E-state index in [-0.39, 0.29) is 105 Å². The molecule has 20 nitrogen and oxygen atoms in total. The molecule has 1 aromatic carbocycles. The Bertz CT molecular complexity index is 1370. The largest absolute Gasteiger partial charge is 0.480 e. The first kappa shape index (κ1) is 56.5. The average Bonchev–Trinajstić information content (AvgIpc) is 3.18. The molecule has 0 bridgehead atoms. The molecule has 1 aliphatic rings. The SMILES string of the molecule is CCCOCCOCCOCCOCCOCCOCCNC(=S)Nc1ccc(CC2CN(CC(=O)O)CCN(CC(=O)O)CCN(CC(=O)O)CCN2CC(=O)O)cc1.[Y]. The summed E-state index contributed by atoms with van der Waals surface area (Å²) >= 11 is 5.44. The summed E-state index contributed by atoms with van der Waals surface area (Å²) in [6, 6.07) is 6.95. The number of carboxylic acid groups (broad SMARTS) is 4. The maximum atomic E-state index is 12.0. The van der Waals surface area contributed by atoms with Crippen LogP contribution in [-0.2, 0) is 86.7 Å². The molecule has 1 unspecified atom stereocenters. The van der Waals surface area contributed by atoms with Gasteiger partial charge < -0.3 is 59.5 Å². The fraction of sp³-hybridized carbons (Fsp3) is 0.718. The van der Waals surface area contributed by atoms with E-state index in [4.69, 9.17) is 40.6 Å². The zero-order valence-corrected chi connectivity index (χ0v) is 39.1. The van der Waals surface area contributed by atoms with Crippen molar-refractivity contribution in [2.75, 3.05) is 163 Å². The molecule has 1 aromatic rings. The summed E-state index contributed by atoms with van der Waals surface area (Å²) in [5, 5.41) is 45.1. The van der Waals surface area contributed by atoms with E-state index in [0.29, 0.717) is 96.4 Å². The monoisotopic (exact) mass is 963 g/mol. The molecule has 1 fully saturated rings. The molecule has 1 radical (unpaired) electrons. The van der Waals surface area contributed by atoms with E-state index in [0.717, 1.165) is 18.6 Å². The fourth-order valence-corrected chi connectivity index (χ4v) is 6.33. The van der Waals surface area contributed by atoms with E-state index < -0.39 is 29.9 Å². The summed E-state index contributed by atoms with van der Waals surface area (Å²) < 4.78 is 32.8. The van der Waals surface area contributed by atoms with Crippen molar-refractivity contribution in [1.82, 2.24) is 24.9 Å². The van der Waals surface area contributed by atoms with E-state index in [1.54, 1.807) is 19.6 Å². The Morgan fingerprint density at radius 2 is 0.984 bits per heavy atom. The Hall–Kier alpha value is -2.51. The number of ether oxygens (including phenoxy) is 6. The zero-order valence-electron chi connectivity index (χ0n) is 35.4. The van der Waals surface area contributed by atoms with Crippen molar-refractivity contribution in [3.8, 4) is 0 Å². The predicted octanol–water partition coefficient (Wildman–Crippen LogP) is -0.0488. The van der Waals surface area contributed by atoms with E-state index in [2.05, 4.69) is 17.6 Å². The molecule has 22 heteroatoms. The van der Waals surface area contributed by atoms with Crippen molar-refractivity contribution < 1.29 is 101 Å². The van der Waals surface area contributed by atoms with Gasteiger partial charge in [-0.05, 0) is 42.8 Å². The molecule has 2 rings (SSSR count). The minimum Gasteiger partial charge on any atom is -0.480 e. The molecule has 0 spiro atoms. The number of carbonyl (C=O) groups is 4. The minimum absolute atomic E-state index is 0. The standard InChI is InChI=1S/C39H66N6O14S.Y/c1-2-14-54-16-18-56-20-22-58-24-25-59-23-21-57-19-17-55-15-7-40-39(60)41-33-5-3-32(4-6-33)26-34-27-44(30-37(50)51)11-10-42(28-35(46)47)8-9-43(29-36(48)49)12-13-45(34)31-38(52)53;/h3-6,34H,2,7-31H2,1H3,(H,46,47)(H,48,49)(H,50,51)(H,52,53)(H2,40,41,60);. The number of hydrogen-bond donors (Lipinski definition) is 6. The molecule has 345 valence electrons. The van der Waals surface area contributed by atoms with Gasteiger partial charge in [-0.2, -0.15) is 0 Å². The summed E-state index contributed by atoms with van der Waals surface area (Å²) in [6.07, 6.45) is 1.36. The van der Waals surface area contributed by atoms with Crippen LogP contribution in [0.15, 0.2) is 24.3 Å². The van der Waals surface area contributed by atoms with Crippen LogP contribution in [0.2, 0.25) is 0 Å². The zero-order chi connectivity index (χ0) is 43.8. The second-order valence-corrected chi connectivity index (χ2v) is 14.4. The summed E-state index contributed by atoms with van der Waals surface area (Å²) in [4.78, 5) is 53.8. The number of anilines is 1. The van der Waals surface area contributed by atoms with Crippen LogP contribution in [0.3, 0.4) is 0 Å². The molecule has 1 aliphatic heterocycles. The van der Waals surface area contributed by atoms with Crippen molar-refractivity contribution in [3.63, 3.8) is 0 Å². The van der Waals surface area contributed by atoms with Crippen LogP contribution >= 0.6 is 12.2 Å². The molecule has 1 heterocycles. The first-order chi connectivity index (χ1) is 28.9. The van der Waals surface area contributed by atoms with Crippen molar-refractivity contribution in [2.45, 2.75) is 25.8 Å². The number of nitrogens with zero attached hydrogens (tertiary/aromatic N) is 4. The Morgan fingerprint density at radius 3 is 1.43 bits per heavy atom. The summed E-state index contributed by atoms with van der Waals surface area (Å²) in [7, 11) is 0. The maximum absolute atomic E-state index is 12.0. The van der Waals surface area contributed by atoms with E-state index in [1.807, 2.05) is 24.3 Å². The first-order valence-corrected chi connectivity index (χ1v) is 20.7. The predicted molar refractivity (Wildman–Crippen MR) is 225 cm³/mol. The van der Waals surface area contributed by atoms with Crippen molar-refractivity contribution in [2.24, 2.45) is 0 Å². The third-order valence-electron chi connectivity index (χ3n) is 8.99. The van der Waals surface area contributed by atoms with Gasteiger partial charge in [0.25, 0.3) is 0 Å². The van der Waals surface area contributed by atoms with Crippen LogP contribution in [0.25, 0.3) is 0 Å². The van der Waals surface area contributed by atoms with Gasteiger partial charge >= 0.3 is 23.9 Å². The average molecular weight is 964 g/mol. The van der Waals surface area contributed by atoms with Gasteiger partial charge in [-0.3, -0.25) is 38.8 Å². The molecule has 61 heavy (non-hydrogen) atoms. The Kier molecular flexibility index (Phi) is 33.3. The molecule has 1 atom stereocenters. The number of aliphatic carboxylic acids is 4. The topological polar surface area (TPSA) is 242 Å². The quantitative estimate of drug-likeness (QED) is 0.0422. The van der Waals surface area contributed by atoms with Gasteiger partial charge in [-0.15, -0.1) is 0 Å². The van der Waals surface area contributed by atoms with E-state index in [9.17, 15) is 39.6 Å². The number of thiocarbonyl (C=S) groups is 1. The van der Waals surface area contributed by atoms with Crippen LogP contribution in [0.5, 0.6) is 0 Å². The molecular weight excluding hydrogens is 897 g/mol. The third-order valence-corrected chi connectivity index (χ3v) is 9.24. The van der Waals surface area contributed by atoms with Crippen LogP contribution in [0.1, 0.15) is 18.9 Å². The van der Waals surface area contributed by atoms with Gasteiger partial charge in [-0.25, -0.2) is 0 Å².